The molecular weight excluding hydrogens is 336 g/mol. The number of nitrogens with one attached hydrogen (secondary N) is 1. The number of hydrogen-bond acceptors (Lipinski definition) is 5. The molecular formula is C18H14N4O2S. The summed E-state index contributed by atoms with van der Waals surface area (Å²) in [5.41, 5.74) is 2.70. The molecule has 0 fully saturated rings. The van der Waals surface area contributed by atoms with Gasteiger partial charge in [-0.1, -0.05) is 18.2 Å². The molecule has 6 nitrogen and oxygen atoms in total. The highest BCUT2D eigenvalue weighted by atomic mass is 32.1. The SMILES string of the molecule is O=C(c1nccs1)N1CCc2[nH]cnc2[C@@H]1c1cc2ccccc2o1. The molecule has 124 valence electrons. The van der Waals surface area contributed by atoms with Crippen LogP contribution in [0.1, 0.15) is 33.0 Å². The molecule has 0 radical (unpaired) electrons. The van der Waals surface area contributed by atoms with Crippen molar-refractivity contribution in [1.82, 2.24) is 19.9 Å². The molecule has 3 aromatic heterocycles. The molecule has 0 bridgehead atoms. The highest BCUT2D eigenvalue weighted by Crippen LogP contribution is 2.37. The Hall–Kier alpha value is -2.93. The Morgan fingerprint density at radius 2 is 2.24 bits per heavy atom. The van der Waals surface area contributed by atoms with Crippen LogP contribution in [0, 0.1) is 0 Å². The second-order valence-electron chi connectivity index (χ2n) is 5.94. The number of nitrogens with zero attached hydrogens (tertiary/aromatic N) is 3. The molecule has 1 atom stereocenters. The fraction of sp³-hybridized carbons (Fsp3) is 0.167. The minimum Gasteiger partial charge on any atom is -0.458 e. The fourth-order valence-electron chi connectivity index (χ4n) is 3.37. The van der Waals surface area contributed by atoms with Crippen LogP contribution in [0.4, 0.5) is 0 Å². The van der Waals surface area contributed by atoms with Gasteiger partial charge >= 0.3 is 0 Å². The molecule has 1 aliphatic rings. The smallest absolute Gasteiger partial charge is 0.283 e. The molecule has 4 aromatic rings. The van der Waals surface area contributed by atoms with E-state index in [1.54, 1.807) is 17.4 Å². The second-order valence-corrected chi connectivity index (χ2v) is 6.84. The number of aromatic amines is 1. The summed E-state index contributed by atoms with van der Waals surface area (Å²) in [7, 11) is 0. The summed E-state index contributed by atoms with van der Waals surface area (Å²) in [5, 5.41) is 3.31. The van der Waals surface area contributed by atoms with E-state index in [0.29, 0.717) is 11.6 Å². The van der Waals surface area contributed by atoms with E-state index in [4.69, 9.17) is 4.42 Å². The van der Waals surface area contributed by atoms with E-state index >= 15 is 0 Å². The third kappa shape index (κ3) is 2.27. The lowest BCUT2D eigenvalue weighted by atomic mass is 10.00. The van der Waals surface area contributed by atoms with Gasteiger partial charge in [-0.15, -0.1) is 11.3 Å². The van der Waals surface area contributed by atoms with Crippen LogP contribution in [0.3, 0.4) is 0 Å². The maximum atomic E-state index is 13.0. The van der Waals surface area contributed by atoms with E-state index in [1.165, 1.54) is 11.3 Å². The standard InChI is InChI=1S/C18H14N4O2S/c23-18(17-19-6-8-25-17)22-7-5-12-15(21-10-20-12)16(22)14-9-11-3-1-2-4-13(11)24-14/h1-4,6,8-10,16H,5,7H2,(H,20,21)/t16-/m0/s1. The highest BCUT2D eigenvalue weighted by molar-refractivity contribution is 7.11. The first-order valence-corrected chi connectivity index (χ1v) is 8.90. The van der Waals surface area contributed by atoms with E-state index in [-0.39, 0.29) is 11.9 Å². The fourth-order valence-corrected chi connectivity index (χ4v) is 3.96. The zero-order valence-electron chi connectivity index (χ0n) is 13.2. The van der Waals surface area contributed by atoms with Crippen molar-refractivity contribution in [2.24, 2.45) is 0 Å². The first-order valence-electron chi connectivity index (χ1n) is 8.02. The maximum Gasteiger partial charge on any atom is 0.283 e. The third-order valence-electron chi connectivity index (χ3n) is 4.52. The maximum absolute atomic E-state index is 13.0. The van der Waals surface area contributed by atoms with E-state index in [2.05, 4.69) is 15.0 Å². The van der Waals surface area contributed by atoms with E-state index in [0.717, 1.165) is 34.5 Å². The number of carbonyl (C=O) groups is 1. The van der Waals surface area contributed by atoms with Gasteiger partial charge in [0, 0.05) is 35.6 Å². The largest absolute Gasteiger partial charge is 0.458 e. The Morgan fingerprint density at radius 3 is 3.08 bits per heavy atom. The summed E-state index contributed by atoms with van der Waals surface area (Å²) >= 11 is 1.35. The van der Waals surface area contributed by atoms with Crippen molar-refractivity contribution in [2.75, 3.05) is 6.54 Å². The monoisotopic (exact) mass is 350 g/mol. The van der Waals surface area contributed by atoms with Gasteiger partial charge in [-0.05, 0) is 12.1 Å². The Kier molecular flexibility index (Phi) is 3.21. The number of carbonyl (C=O) groups excluding carboxylic acids is 1. The van der Waals surface area contributed by atoms with Gasteiger partial charge in [-0.2, -0.15) is 0 Å². The van der Waals surface area contributed by atoms with Crippen LogP contribution in [-0.2, 0) is 6.42 Å². The molecule has 1 N–H and O–H groups in total. The van der Waals surface area contributed by atoms with Gasteiger partial charge < -0.3 is 14.3 Å². The van der Waals surface area contributed by atoms with Crippen LogP contribution >= 0.6 is 11.3 Å². The molecule has 4 heterocycles. The summed E-state index contributed by atoms with van der Waals surface area (Å²) in [6, 6.07) is 9.49. The van der Waals surface area contributed by atoms with Crippen LogP contribution in [0.2, 0.25) is 0 Å². The molecule has 7 heteroatoms. The van der Waals surface area contributed by atoms with Crippen LogP contribution in [0.15, 0.2) is 52.7 Å². The highest BCUT2D eigenvalue weighted by Gasteiger charge is 2.37. The summed E-state index contributed by atoms with van der Waals surface area (Å²) in [6.45, 7) is 0.593. The lowest BCUT2D eigenvalue weighted by molar-refractivity contribution is 0.0672. The third-order valence-corrected chi connectivity index (χ3v) is 5.28. The number of imidazole rings is 1. The summed E-state index contributed by atoms with van der Waals surface area (Å²) in [4.78, 5) is 26.6. The molecule has 1 aliphatic heterocycles. The molecule has 0 saturated heterocycles. The Bertz CT molecular complexity index is 1020. The number of rotatable bonds is 2. The van der Waals surface area contributed by atoms with Crippen LogP contribution in [0.25, 0.3) is 11.0 Å². The first-order chi connectivity index (χ1) is 12.3. The molecule has 0 aliphatic carbocycles. The lowest BCUT2D eigenvalue weighted by Crippen LogP contribution is -2.40. The van der Waals surface area contributed by atoms with Crippen molar-refractivity contribution in [1.29, 1.82) is 0 Å². The zero-order valence-corrected chi connectivity index (χ0v) is 14.0. The minimum atomic E-state index is -0.348. The van der Waals surface area contributed by atoms with Gasteiger partial charge in [-0.3, -0.25) is 4.79 Å². The topological polar surface area (TPSA) is 75.0 Å². The van der Waals surface area contributed by atoms with Crippen molar-refractivity contribution in [3.63, 3.8) is 0 Å². The minimum absolute atomic E-state index is 0.0888. The van der Waals surface area contributed by atoms with Gasteiger partial charge in [0.1, 0.15) is 17.4 Å². The average Bonchev–Trinajstić information content (AvgIpc) is 3.39. The Morgan fingerprint density at radius 1 is 1.32 bits per heavy atom. The van der Waals surface area contributed by atoms with Crippen LogP contribution in [0.5, 0.6) is 0 Å². The molecule has 5 rings (SSSR count). The number of para-hydroxylation sites is 1. The van der Waals surface area contributed by atoms with Crippen LogP contribution < -0.4 is 0 Å². The van der Waals surface area contributed by atoms with Gasteiger partial charge in [0.15, 0.2) is 5.01 Å². The molecule has 0 spiro atoms. The zero-order chi connectivity index (χ0) is 16.8. The van der Waals surface area contributed by atoms with Crippen molar-refractivity contribution >= 4 is 28.2 Å². The Labute approximate surface area is 147 Å². The predicted molar refractivity (Wildman–Crippen MR) is 93.5 cm³/mol. The summed E-state index contributed by atoms with van der Waals surface area (Å²) in [6.07, 6.45) is 4.07. The van der Waals surface area contributed by atoms with Gasteiger partial charge in [-0.25, -0.2) is 9.97 Å². The number of fused-ring (bicyclic) bond motifs is 2. The molecule has 0 unspecified atom stereocenters. The number of aromatic nitrogens is 3. The Balaban J connectivity index is 1.64. The van der Waals surface area contributed by atoms with E-state index in [9.17, 15) is 4.79 Å². The van der Waals surface area contributed by atoms with E-state index in [1.807, 2.05) is 35.7 Å². The van der Waals surface area contributed by atoms with Gasteiger partial charge in [0.25, 0.3) is 5.91 Å². The van der Waals surface area contributed by atoms with Crippen molar-refractivity contribution < 1.29 is 9.21 Å². The normalized spacial score (nSPS) is 17.0. The number of benzene rings is 1. The van der Waals surface area contributed by atoms with Crippen molar-refractivity contribution in [2.45, 2.75) is 12.5 Å². The predicted octanol–water partition coefficient (Wildman–Crippen LogP) is 3.40. The molecule has 1 aromatic carbocycles. The second kappa shape index (κ2) is 5.56. The lowest BCUT2D eigenvalue weighted by Gasteiger charge is -2.33. The molecule has 1 amide bonds. The quantitative estimate of drug-likeness (QED) is 0.601. The van der Waals surface area contributed by atoms with Crippen LogP contribution in [-0.4, -0.2) is 32.3 Å². The van der Waals surface area contributed by atoms with Crippen molar-refractivity contribution in [3.05, 3.63) is 70.4 Å². The number of furan rings is 1. The van der Waals surface area contributed by atoms with E-state index < -0.39 is 0 Å². The molecule has 0 saturated carbocycles. The van der Waals surface area contributed by atoms with Crippen molar-refractivity contribution in [3.8, 4) is 0 Å². The number of thiazole rings is 1. The van der Waals surface area contributed by atoms with Gasteiger partial charge in [0.2, 0.25) is 0 Å². The summed E-state index contributed by atoms with van der Waals surface area (Å²) < 4.78 is 6.07. The number of H-pyrrole nitrogens is 1. The average molecular weight is 350 g/mol. The first kappa shape index (κ1) is 14.4. The number of hydrogen-bond donors (Lipinski definition) is 1. The number of amides is 1. The van der Waals surface area contributed by atoms with Gasteiger partial charge in [0.05, 0.1) is 12.0 Å². The summed E-state index contributed by atoms with van der Waals surface area (Å²) in [5.74, 6) is 0.633. The molecule has 25 heavy (non-hydrogen) atoms.